The van der Waals surface area contributed by atoms with Gasteiger partial charge >= 0.3 is 0 Å². The highest BCUT2D eigenvalue weighted by Gasteiger charge is 2.20. The van der Waals surface area contributed by atoms with Crippen molar-refractivity contribution in [3.8, 4) is 0 Å². The Labute approximate surface area is 118 Å². The smallest absolute Gasteiger partial charge is 0.191 e. The fraction of sp³-hybridized carbons (Fsp3) is 0.933. The van der Waals surface area contributed by atoms with Gasteiger partial charge in [0.25, 0.3) is 0 Å². The molecule has 2 rings (SSSR count). The maximum Gasteiger partial charge on any atom is 0.191 e. The van der Waals surface area contributed by atoms with Gasteiger partial charge in [-0.2, -0.15) is 0 Å². The maximum atomic E-state index is 6.18. The predicted octanol–water partition coefficient (Wildman–Crippen LogP) is 2.05. The predicted molar refractivity (Wildman–Crippen MR) is 81.4 cm³/mol. The second-order valence-corrected chi connectivity index (χ2v) is 5.88. The lowest BCUT2D eigenvalue weighted by molar-refractivity contribution is 0.161. The van der Waals surface area contributed by atoms with Gasteiger partial charge in [-0.05, 0) is 38.8 Å². The molecule has 110 valence electrons. The highest BCUT2D eigenvalue weighted by Crippen LogP contribution is 2.17. The number of nitrogens with zero attached hydrogens (tertiary/aromatic N) is 3. The molecule has 2 fully saturated rings. The summed E-state index contributed by atoms with van der Waals surface area (Å²) < 4.78 is 0. The van der Waals surface area contributed by atoms with Gasteiger partial charge in [0.15, 0.2) is 5.96 Å². The molecule has 0 aliphatic carbocycles. The molecular formula is C15H30N4. The van der Waals surface area contributed by atoms with Gasteiger partial charge in [0.1, 0.15) is 0 Å². The average Bonchev–Trinajstić information content (AvgIpc) is 2.74. The summed E-state index contributed by atoms with van der Waals surface area (Å²) in [6, 6.07) is 0.615. The molecule has 0 aromatic rings. The summed E-state index contributed by atoms with van der Waals surface area (Å²) in [5.74, 6) is 0.781. The summed E-state index contributed by atoms with van der Waals surface area (Å²) >= 11 is 0. The monoisotopic (exact) mass is 266 g/mol. The third-order valence-electron chi connectivity index (χ3n) is 4.55. The van der Waals surface area contributed by atoms with E-state index in [1.54, 1.807) is 0 Å². The van der Waals surface area contributed by atoms with E-state index in [0.29, 0.717) is 6.04 Å². The van der Waals surface area contributed by atoms with Crippen LogP contribution in [0.1, 0.15) is 51.9 Å². The lowest BCUT2D eigenvalue weighted by Crippen LogP contribution is -2.43. The summed E-state index contributed by atoms with van der Waals surface area (Å²) in [5, 5.41) is 0. The normalized spacial score (nSPS) is 27.3. The quantitative estimate of drug-likeness (QED) is 0.628. The molecule has 0 aromatic carbocycles. The second-order valence-electron chi connectivity index (χ2n) is 5.88. The van der Waals surface area contributed by atoms with Crippen LogP contribution in [-0.4, -0.2) is 54.5 Å². The summed E-state index contributed by atoms with van der Waals surface area (Å²) in [6.07, 6.45) is 9.19. The van der Waals surface area contributed by atoms with Crippen molar-refractivity contribution in [3.05, 3.63) is 0 Å². The van der Waals surface area contributed by atoms with Crippen molar-refractivity contribution < 1.29 is 0 Å². The van der Waals surface area contributed by atoms with E-state index in [9.17, 15) is 0 Å². The lowest BCUT2D eigenvalue weighted by Gasteiger charge is -2.34. The zero-order valence-corrected chi connectivity index (χ0v) is 12.5. The molecular weight excluding hydrogens is 236 g/mol. The first-order valence-electron chi connectivity index (χ1n) is 8.10. The van der Waals surface area contributed by atoms with Crippen LogP contribution in [0.4, 0.5) is 0 Å². The zero-order valence-electron chi connectivity index (χ0n) is 12.5. The van der Waals surface area contributed by atoms with Crippen LogP contribution in [0.2, 0.25) is 0 Å². The third kappa shape index (κ3) is 4.37. The number of nitrogens with two attached hydrogens (primary N) is 1. The standard InChI is InChI=1S/C15H30N4/c1-2-18-10-8-5-9-14(18)13-17-15(16)19-11-6-3-4-7-12-19/h14H,2-13H2,1H3,(H2,16,17). The van der Waals surface area contributed by atoms with Gasteiger partial charge in [-0.15, -0.1) is 0 Å². The van der Waals surface area contributed by atoms with Crippen molar-refractivity contribution in [3.63, 3.8) is 0 Å². The molecule has 0 bridgehead atoms. The molecule has 0 saturated carbocycles. The molecule has 19 heavy (non-hydrogen) atoms. The number of hydrogen-bond acceptors (Lipinski definition) is 2. The van der Waals surface area contributed by atoms with E-state index in [-0.39, 0.29) is 0 Å². The summed E-state index contributed by atoms with van der Waals surface area (Å²) in [5.41, 5.74) is 6.18. The molecule has 2 aliphatic rings. The summed E-state index contributed by atoms with van der Waals surface area (Å²) in [6.45, 7) is 7.70. The Bertz CT molecular complexity index is 282. The molecule has 4 heteroatoms. The van der Waals surface area contributed by atoms with Gasteiger partial charge in [0.2, 0.25) is 0 Å². The van der Waals surface area contributed by atoms with Crippen molar-refractivity contribution in [2.75, 3.05) is 32.7 Å². The van der Waals surface area contributed by atoms with E-state index >= 15 is 0 Å². The van der Waals surface area contributed by atoms with E-state index in [1.165, 1.54) is 51.5 Å². The number of likely N-dealkylation sites (tertiary alicyclic amines) is 2. The lowest BCUT2D eigenvalue weighted by atomic mass is 10.0. The molecule has 1 unspecified atom stereocenters. The largest absolute Gasteiger partial charge is 0.370 e. The van der Waals surface area contributed by atoms with Gasteiger partial charge in [-0.25, -0.2) is 0 Å². The van der Waals surface area contributed by atoms with E-state index < -0.39 is 0 Å². The molecule has 4 nitrogen and oxygen atoms in total. The van der Waals surface area contributed by atoms with Crippen LogP contribution in [0, 0.1) is 0 Å². The number of likely N-dealkylation sites (N-methyl/N-ethyl adjacent to an activating group) is 1. The minimum Gasteiger partial charge on any atom is -0.370 e. The maximum absolute atomic E-state index is 6.18. The van der Waals surface area contributed by atoms with Crippen LogP contribution in [0.15, 0.2) is 4.99 Å². The van der Waals surface area contributed by atoms with Gasteiger partial charge < -0.3 is 10.6 Å². The molecule has 2 saturated heterocycles. The molecule has 0 spiro atoms. The van der Waals surface area contributed by atoms with E-state index in [2.05, 4.69) is 16.7 Å². The van der Waals surface area contributed by atoms with Crippen LogP contribution >= 0.6 is 0 Å². The zero-order chi connectivity index (χ0) is 13.5. The molecule has 0 aromatic heterocycles. The first-order valence-corrected chi connectivity index (χ1v) is 8.10. The average molecular weight is 266 g/mol. The van der Waals surface area contributed by atoms with Gasteiger partial charge in [0.05, 0.1) is 6.54 Å². The number of aliphatic imine (C=N–C) groups is 1. The van der Waals surface area contributed by atoms with Crippen molar-refractivity contribution >= 4 is 5.96 Å². The van der Waals surface area contributed by atoms with E-state index in [1.807, 2.05) is 0 Å². The summed E-state index contributed by atoms with van der Waals surface area (Å²) in [7, 11) is 0. The van der Waals surface area contributed by atoms with Gasteiger partial charge in [-0.1, -0.05) is 26.2 Å². The van der Waals surface area contributed by atoms with E-state index in [4.69, 9.17) is 10.7 Å². The highest BCUT2D eigenvalue weighted by molar-refractivity contribution is 5.78. The van der Waals surface area contributed by atoms with Crippen LogP contribution < -0.4 is 5.73 Å². The molecule has 2 heterocycles. The number of hydrogen-bond donors (Lipinski definition) is 1. The van der Waals surface area contributed by atoms with E-state index in [0.717, 1.165) is 32.1 Å². The first-order chi connectivity index (χ1) is 9.31. The van der Waals surface area contributed by atoms with Gasteiger partial charge in [0, 0.05) is 19.1 Å². The van der Waals surface area contributed by atoms with Crippen molar-refractivity contribution in [1.29, 1.82) is 0 Å². The minimum absolute atomic E-state index is 0.615. The third-order valence-corrected chi connectivity index (χ3v) is 4.55. The van der Waals surface area contributed by atoms with Crippen LogP contribution in [0.5, 0.6) is 0 Å². The van der Waals surface area contributed by atoms with Gasteiger partial charge in [-0.3, -0.25) is 9.89 Å². The number of guanidine groups is 1. The van der Waals surface area contributed by atoms with Crippen molar-refractivity contribution in [2.24, 2.45) is 10.7 Å². The van der Waals surface area contributed by atoms with Crippen LogP contribution in [0.3, 0.4) is 0 Å². The number of piperidine rings is 1. The first kappa shape index (κ1) is 14.6. The minimum atomic E-state index is 0.615. The van der Waals surface area contributed by atoms with Crippen LogP contribution in [-0.2, 0) is 0 Å². The SMILES string of the molecule is CCN1CCCCC1CN=C(N)N1CCCCCC1. The van der Waals surface area contributed by atoms with Crippen LogP contribution in [0.25, 0.3) is 0 Å². The Morgan fingerprint density at radius 3 is 2.42 bits per heavy atom. The Morgan fingerprint density at radius 2 is 1.74 bits per heavy atom. The Hall–Kier alpha value is -0.770. The fourth-order valence-corrected chi connectivity index (χ4v) is 3.28. The molecule has 1 atom stereocenters. The molecule has 2 N–H and O–H groups in total. The Kier molecular flexibility index (Phi) is 5.95. The highest BCUT2D eigenvalue weighted by atomic mass is 15.3. The molecule has 0 amide bonds. The summed E-state index contributed by atoms with van der Waals surface area (Å²) in [4.78, 5) is 9.53. The topological polar surface area (TPSA) is 44.9 Å². The fourth-order valence-electron chi connectivity index (χ4n) is 3.28. The molecule has 2 aliphatic heterocycles. The molecule has 0 radical (unpaired) electrons. The second kappa shape index (κ2) is 7.73. The number of rotatable bonds is 3. The Balaban J connectivity index is 1.85. The van der Waals surface area contributed by atoms with Crippen molar-refractivity contribution in [1.82, 2.24) is 9.80 Å². The van der Waals surface area contributed by atoms with Crippen molar-refractivity contribution in [2.45, 2.75) is 57.9 Å². The Morgan fingerprint density at radius 1 is 1.05 bits per heavy atom.